The van der Waals surface area contributed by atoms with Crippen molar-refractivity contribution in [2.24, 2.45) is 7.05 Å². The Morgan fingerprint density at radius 2 is 2.09 bits per heavy atom. The Balaban J connectivity index is 2.13. The Bertz CT molecular complexity index is 725. The van der Waals surface area contributed by atoms with Gasteiger partial charge >= 0.3 is 6.18 Å². The average Bonchev–Trinajstić information content (AvgIpc) is 2.74. The first-order valence-electron chi connectivity index (χ1n) is 6.89. The van der Waals surface area contributed by atoms with E-state index in [0.29, 0.717) is 23.0 Å². The molecule has 23 heavy (non-hydrogen) atoms. The topological polar surface area (TPSA) is 46.9 Å². The normalized spacial score (nSPS) is 11.6. The van der Waals surface area contributed by atoms with Gasteiger partial charge in [0.2, 0.25) is 5.91 Å². The Kier molecular flexibility index (Phi) is 4.99. The summed E-state index contributed by atoms with van der Waals surface area (Å²) in [5, 5.41) is 7.08. The van der Waals surface area contributed by atoms with Gasteiger partial charge in [0.15, 0.2) is 0 Å². The molecule has 124 valence electrons. The lowest BCUT2D eigenvalue weighted by Crippen LogP contribution is -2.17. The molecule has 2 aromatic rings. The quantitative estimate of drug-likeness (QED) is 0.915. The highest BCUT2D eigenvalue weighted by Gasteiger charge is 2.30. The van der Waals surface area contributed by atoms with E-state index in [-0.39, 0.29) is 12.0 Å². The molecule has 0 aliphatic rings. The van der Waals surface area contributed by atoms with Crippen LogP contribution in [0.3, 0.4) is 0 Å². The third-order valence-electron chi connectivity index (χ3n) is 3.27. The lowest BCUT2D eigenvalue weighted by Gasteiger charge is -2.09. The lowest BCUT2D eigenvalue weighted by molar-refractivity contribution is -0.137. The zero-order chi connectivity index (χ0) is 17.2. The van der Waals surface area contributed by atoms with Crippen LogP contribution < -0.4 is 5.32 Å². The van der Waals surface area contributed by atoms with Gasteiger partial charge in [-0.2, -0.15) is 18.3 Å². The number of aryl methyl sites for hydroxylation is 2. The maximum Gasteiger partial charge on any atom is 0.416 e. The Morgan fingerprint density at radius 3 is 2.65 bits per heavy atom. The van der Waals surface area contributed by atoms with Crippen molar-refractivity contribution in [3.63, 3.8) is 0 Å². The van der Waals surface area contributed by atoms with E-state index >= 15 is 0 Å². The summed E-state index contributed by atoms with van der Waals surface area (Å²) in [6, 6.07) is 4.67. The van der Waals surface area contributed by atoms with E-state index in [4.69, 9.17) is 11.6 Å². The summed E-state index contributed by atoms with van der Waals surface area (Å²) in [5.74, 6) is -0.127. The van der Waals surface area contributed by atoms with Crippen LogP contribution >= 0.6 is 11.6 Å². The zero-order valence-electron chi connectivity index (χ0n) is 12.5. The summed E-state index contributed by atoms with van der Waals surface area (Å²) >= 11 is 6.12. The van der Waals surface area contributed by atoms with Crippen LogP contribution in [0.15, 0.2) is 24.3 Å². The fourth-order valence-corrected chi connectivity index (χ4v) is 2.48. The highest BCUT2D eigenvalue weighted by molar-refractivity contribution is 6.34. The second kappa shape index (κ2) is 6.62. The predicted octanol–water partition coefficient (Wildman–Crippen LogP) is 3.84. The van der Waals surface area contributed by atoms with Gasteiger partial charge in [-0.1, -0.05) is 36.7 Å². The van der Waals surface area contributed by atoms with Crippen molar-refractivity contribution >= 4 is 23.3 Å². The minimum absolute atomic E-state index is 0.188. The van der Waals surface area contributed by atoms with Crippen LogP contribution in [0.4, 0.5) is 19.0 Å². The number of nitrogens with one attached hydrogen (secondary N) is 1. The van der Waals surface area contributed by atoms with Gasteiger partial charge in [-0.25, -0.2) is 0 Å². The highest BCUT2D eigenvalue weighted by atomic mass is 35.5. The number of alkyl halides is 3. The molecule has 0 atom stereocenters. The van der Waals surface area contributed by atoms with Gasteiger partial charge in [0.1, 0.15) is 10.8 Å². The predicted molar refractivity (Wildman–Crippen MR) is 81.4 cm³/mol. The van der Waals surface area contributed by atoms with E-state index in [1.165, 1.54) is 16.8 Å². The minimum Gasteiger partial charge on any atom is -0.309 e. The smallest absolute Gasteiger partial charge is 0.309 e. The van der Waals surface area contributed by atoms with Crippen molar-refractivity contribution < 1.29 is 18.0 Å². The molecule has 0 bridgehead atoms. The van der Waals surface area contributed by atoms with E-state index in [9.17, 15) is 18.0 Å². The van der Waals surface area contributed by atoms with E-state index < -0.39 is 17.6 Å². The summed E-state index contributed by atoms with van der Waals surface area (Å²) in [4.78, 5) is 12.1. The summed E-state index contributed by atoms with van der Waals surface area (Å²) in [6.45, 7) is 1.88. The van der Waals surface area contributed by atoms with Crippen molar-refractivity contribution in [1.82, 2.24) is 9.78 Å². The van der Waals surface area contributed by atoms with E-state index in [2.05, 4.69) is 10.4 Å². The molecule has 4 nitrogen and oxygen atoms in total. The van der Waals surface area contributed by atoms with E-state index in [1.807, 2.05) is 6.92 Å². The van der Waals surface area contributed by atoms with Gasteiger partial charge in [0, 0.05) is 7.05 Å². The number of carbonyl (C=O) groups is 1. The average molecular weight is 346 g/mol. The molecule has 1 aromatic carbocycles. The van der Waals surface area contributed by atoms with Crippen molar-refractivity contribution in [3.05, 3.63) is 46.1 Å². The number of nitrogens with zero attached hydrogens (tertiary/aromatic N) is 2. The standard InChI is InChI=1S/C15H15ClF3N3O/c1-3-11-13(16)14(22(2)21-11)20-12(23)8-9-5-4-6-10(7-9)15(17,18)19/h4-7H,3,8H2,1-2H3,(H,20,23). The summed E-state index contributed by atoms with van der Waals surface area (Å²) in [5.41, 5.74) is 0.129. The van der Waals surface area contributed by atoms with Crippen LogP contribution in [0.2, 0.25) is 5.02 Å². The van der Waals surface area contributed by atoms with Gasteiger partial charge in [0.05, 0.1) is 17.7 Å². The molecule has 0 radical (unpaired) electrons. The van der Waals surface area contributed by atoms with E-state index in [1.54, 1.807) is 7.05 Å². The first-order valence-corrected chi connectivity index (χ1v) is 7.27. The molecule has 0 aliphatic heterocycles. The van der Waals surface area contributed by atoms with Gasteiger partial charge < -0.3 is 5.32 Å². The zero-order valence-corrected chi connectivity index (χ0v) is 13.3. The number of aromatic nitrogens is 2. The Labute approximate surface area is 136 Å². The van der Waals surface area contributed by atoms with Gasteiger partial charge in [-0.3, -0.25) is 9.48 Å². The molecule has 8 heteroatoms. The van der Waals surface area contributed by atoms with Crippen molar-refractivity contribution in [2.45, 2.75) is 25.9 Å². The molecule has 2 rings (SSSR count). The van der Waals surface area contributed by atoms with Crippen LogP contribution in [-0.2, 0) is 30.9 Å². The molecule has 0 spiro atoms. The molecule has 0 fully saturated rings. The third kappa shape index (κ3) is 4.04. The minimum atomic E-state index is -4.44. The molecule has 1 N–H and O–H groups in total. The summed E-state index contributed by atoms with van der Waals surface area (Å²) < 4.78 is 39.4. The maximum atomic E-state index is 12.7. The third-order valence-corrected chi connectivity index (χ3v) is 3.66. The SMILES string of the molecule is CCc1nn(C)c(NC(=O)Cc2cccc(C(F)(F)F)c2)c1Cl. The van der Waals surface area contributed by atoms with E-state index in [0.717, 1.165) is 12.1 Å². The summed E-state index contributed by atoms with van der Waals surface area (Å²) in [6.07, 6.45) is -4.02. The fourth-order valence-electron chi connectivity index (χ4n) is 2.13. The molecule has 0 saturated carbocycles. The first kappa shape index (κ1) is 17.3. The van der Waals surface area contributed by atoms with Crippen molar-refractivity contribution in [1.29, 1.82) is 0 Å². The molecular formula is C15H15ClF3N3O. The lowest BCUT2D eigenvalue weighted by atomic mass is 10.1. The number of rotatable bonds is 4. The number of amides is 1. The largest absolute Gasteiger partial charge is 0.416 e. The van der Waals surface area contributed by atoms with Crippen LogP contribution in [0.1, 0.15) is 23.7 Å². The fraction of sp³-hybridized carbons (Fsp3) is 0.333. The molecule has 0 unspecified atom stereocenters. The van der Waals surface area contributed by atoms with Crippen molar-refractivity contribution in [3.8, 4) is 0 Å². The summed E-state index contributed by atoms with van der Waals surface area (Å²) in [7, 11) is 1.63. The molecule has 1 aromatic heterocycles. The number of benzene rings is 1. The van der Waals surface area contributed by atoms with Crippen LogP contribution in [0.25, 0.3) is 0 Å². The second-order valence-electron chi connectivity index (χ2n) is 5.01. The molecule has 1 amide bonds. The van der Waals surface area contributed by atoms with Gasteiger partial charge in [-0.05, 0) is 18.1 Å². The Hall–Kier alpha value is -2.02. The maximum absolute atomic E-state index is 12.7. The highest BCUT2D eigenvalue weighted by Crippen LogP contribution is 2.30. The monoisotopic (exact) mass is 345 g/mol. The van der Waals surface area contributed by atoms with Crippen LogP contribution in [-0.4, -0.2) is 15.7 Å². The number of hydrogen-bond donors (Lipinski definition) is 1. The van der Waals surface area contributed by atoms with Crippen LogP contribution in [0.5, 0.6) is 0 Å². The van der Waals surface area contributed by atoms with Crippen molar-refractivity contribution in [2.75, 3.05) is 5.32 Å². The molecule has 0 aliphatic carbocycles. The van der Waals surface area contributed by atoms with Crippen LogP contribution in [0, 0.1) is 0 Å². The van der Waals surface area contributed by atoms with Gasteiger partial charge in [0.25, 0.3) is 0 Å². The first-order chi connectivity index (χ1) is 10.7. The molecule has 1 heterocycles. The number of carbonyl (C=O) groups excluding carboxylic acids is 1. The molecular weight excluding hydrogens is 331 g/mol. The number of anilines is 1. The second-order valence-corrected chi connectivity index (χ2v) is 5.39. The molecule has 0 saturated heterocycles. The number of halogens is 4. The Morgan fingerprint density at radius 1 is 1.39 bits per heavy atom. The number of hydrogen-bond acceptors (Lipinski definition) is 2. The van der Waals surface area contributed by atoms with Gasteiger partial charge in [-0.15, -0.1) is 0 Å².